The van der Waals surface area contributed by atoms with Crippen LogP contribution in [0, 0.1) is 0 Å². The van der Waals surface area contributed by atoms with Crippen LogP contribution in [0.2, 0.25) is 0 Å². The summed E-state index contributed by atoms with van der Waals surface area (Å²) in [4.78, 5) is 20.5. The standard InChI is InChI=1S/C20H35N5O.HI/c1-16(2)25(17(3)4)13-12-21-20(23-15-19(26)24(5)6)22-14-18-10-8-7-9-11-18;/h7-11,16-17H,12-15H2,1-6H3,(H2,21,22,23);1H. The summed E-state index contributed by atoms with van der Waals surface area (Å²) in [6.45, 7) is 11.3. The summed E-state index contributed by atoms with van der Waals surface area (Å²) in [5.41, 5.74) is 1.14. The molecule has 0 atom stereocenters. The van der Waals surface area contributed by atoms with Crippen LogP contribution in [-0.4, -0.2) is 67.5 Å². The second-order valence-electron chi connectivity index (χ2n) is 7.14. The molecule has 0 spiro atoms. The summed E-state index contributed by atoms with van der Waals surface area (Å²) in [5.74, 6) is 0.682. The van der Waals surface area contributed by atoms with Crippen LogP contribution in [-0.2, 0) is 11.3 Å². The number of hydrogen-bond acceptors (Lipinski definition) is 3. The molecular weight excluding hydrogens is 453 g/mol. The molecule has 0 unspecified atom stereocenters. The Labute approximate surface area is 181 Å². The number of hydrogen-bond donors (Lipinski definition) is 2. The van der Waals surface area contributed by atoms with Crippen LogP contribution in [0.15, 0.2) is 35.3 Å². The minimum Gasteiger partial charge on any atom is -0.355 e. The number of carbonyl (C=O) groups excluding carboxylic acids is 1. The van der Waals surface area contributed by atoms with Crippen LogP contribution < -0.4 is 10.6 Å². The van der Waals surface area contributed by atoms with Crippen LogP contribution in [0.25, 0.3) is 0 Å². The molecule has 1 aromatic rings. The zero-order valence-electron chi connectivity index (χ0n) is 17.5. The number of guanidine groups is 1. The van der Waals surface area contributed by atoms with Crippen LogP contribution in [0.4, 0.5) is 0 Å². The molecule has 1 rings (SSSR count). The highest BCUT2D eigenvalue weighted by Gasteiger charge is 2.13. The number of amides is 1. The second kappa shape index (κ2) is 13.8. The molecule has 0 bridgehead atoms. The minimum atomic E-state index is 0. The van der Waals surface area contributed by atoms with E-state index >= 15 is 0 Å². The molecule has 1 aromatic carbocycles. The van der Waals surface area contributed by atoms with E-state index in [1.54, 1.807) is 19.0 Å². The Balaban J connectivity index is 0.00000676. The fourth-order valence-electron chi connectivity index (χ4n) is 2.66. The molecule has 2 N–H and O–H groups in total. The van der Waals surface area contributed by atoms with E-state index in [0.717, 1.165) is 18.7 Å². The molecule has 0 saturated heterocycles. The number of rotatable bonds is 9. The van der Waals surface area contributed by atoms with Crippen molar-refractivity contribution in [1.82, 2.24) is 20.4 Å². The smallest absolute Gasteiger partial charge is 0.241 e. The highest BCUT2D eigenvalue weighted by atomic mass is 127. The molecule has 0 aliphatic rings. The van der Waals surface area contributed by atoms with Crippen molar-refractivity contribution in [3.05, 3.63) is 35.9 Å². The van der Waals surface area contributed by atoms with Gasteiger partial charge in [0.2, 0.25) is 5.91 Å². The topological polar surface area (TPSA) is 60.0 Å². The second-order valence-corrected chi connectivity index (χ2v) is 7.14. The van der Waals surface area contributed by atoms with Crippen molar-refractivity contribution < 1.29 is 4.79 Å². The number of benzene rings is 1. The monoisotopic (exact) mass is 489 g/mol. The summed E-state index contributed by atoms with van der Waals surface area (Å²) in [5, 5.41) is 6.48. The molecule has 154 valence electrons. The lowest BCUT2D eigenvalue weighted by Crippen LogP contribution is -2.47. The van der Waals surface area contributed by atoms with Gasteiger partial charge in [-0.15, -0.1) is 24.0 Å². The largest absolute Gasteiger partial charge is 0.355 e. The molecule has 0 heterocycles. The number of aliphatic imine (C=N–C) groups is 1. The van der Waals surface area contributed by atoms with Crippen molar-refractivity contribution >= 4 is 35.8 Å². The van der Waals surface area contributed by atoms with E-state index in [0.29, 0.717) is 24.6 Å². The van der Waals surface area contributed by atoms with Crippen molar-refractivity contribution in [2.24, 2.45) is 4.99 Å². The zero-order valence-corrected chi connectivity index (χ0v) is 19.9. The van der Waals surface area contributed by atoms with E-state index < -0.39 is 0 Å². The van der Waals surface area contributed by atoms with Gasteiger partial charge in [0.1, 0.15) is 0 Å². The Morgan fingerprint density at radius 2 is 1.63 bits per heavy atom. The fraction of sp³-hybridized carbons (Fsp3) is 0.600. The Hall–Kier alpha value is -1.35. The van der Waals surface area contributed by atoms with Gasteiger partial charge in [0.15, 0.2) is 5.96 Å². The Morgan fingerprint density at radius 1 is 1.04 bits per heavy atom. The van der Waals surface area contributed by atoms with E-state index in [2.05, 4.69) is 48.2 Å². The lowest BCUT2D eigenvalue weighted by Gasteiger charge is -2.30. The summed E-state index contributed by atoms with van der Waals surface area (Å²) in [6, 6.07) is 11.1. The number of likely N-dealkylation sites (N-methyl/N-ethyl adjacent to an activating group) is 1. The van der Waals surface area contributed by atoms with Gasteiger partial charge < -0.3 is 15.5 Å². The fourth-order valence-corrected chi connectivity index (χ4v) is 2.66. The maximum Gasteiger partial charge on any atom is 0.241 e. The highest BCUT2D eigenvalue weighted by molar-refractivity contribution is 14.0. The van der Waals surface area contributed by atoms with Crippen LogP contribution in [0.1, 0.15) is 33.3 Å². The first-order chi connectivity index (χ1) is 12.3. The first-order valence-electron chi connectivity index (χ1n) is 9.33. The molecule has 0 aromatic heterocycles. The third kappa shape index (κ3) is 10.5. The van der Waals surface area contributed by atoms with Crippen LogP contribution in [0.3, 0.4) is 0 Å². The van der Waals surface area contributed by atoms with E-state index in [4.69, 9.17) is 0 Å². The van der Waals surface area contributed by atoms with Gasteiger partial charge in [-0.05, 0) is 33.3 Å². The minimum absolute atomic E-state index is 0. The third-order valence-corrected chi connectivity index (χ3v) is 4.16. The Kier molecular flexibility index (Phi) is 13.1. The van der Waals surface area contributed by atoms with E-state index in [-0.39, 0.29) is 36.4 Å². The van der Waals surface area contributed by atoms with Crippen molar-refractivity contribution in [2.45, 2.75) is 46.3 Å². The molecule has 6 nitrogen and oxygen atoms in total. The molecule has 27 heavy (non-hydrogen) atoms. The molecule has 7 heteroatoms. The predicted molar refractivity (Wildman–Crippen MR) is 125 cm³/mol. The van der Waals surface area contributed by atoms with E-state index in [9.17, 15) is 4.79 Å². The molecule has 0 aliphatic heterocycles. The normalized spacial score (nSPS) is 11.5. The summed E-state index contributed by atoms with van der Waals surface area (Å²) < 4.78 is 0. The molecule has 0 saturated carbocycles. The van der Waals surface area contributed by atoms with Crippen molar-refractivity contribution in [1.29, 1.82) is 0 Å². The van der Waals surface area contributed by atoms with Crippen molar-refractivity contribution in [3.63, 3.8) is 0 Å². The van der Waals surface area contributed by atoms with Gasteiger partial charge in [-0.1, -0.05) is 30.3 Å². The average molecular weight is 489 g/mol. The number of nitrogens with one attached hydrogen (secondary N) is 2. The first-order valence-corrected chi connectivity index (χ1v) is 9.33. The highest BCUT2D eigenvalue weighted by Crippen LogP contribution is 2.03. The lowest BCUT2D eigenvalue weighted by molar-refractivity contribution is -0.127. The third-order valence-electron chi connectivity index (χ3n) is 4.16. The summed E-state index contributed by atoms with van der Waals surface area (Å²) in [7, 11) is 3.50. The van der Waals surface area contributed by atoms with Gasteiger partial charge >= 0.3 is 0 Å². The first kappa shape index (κ1) is 25.6. The Bertz CT molecular complexity index is 553. The molecule has 1 amide bonds. The van der Waals surface area contributed by atoms with Crippen LogP contribution in [0.5, 0.6) is 0 Å². The van der Waals surface area contributed by atoms with E-state index in [1.807, 2.05) is 30.3 Å². The molecule has 0 fully saturated rings. The summed E-state index contributed by atoms with van der Waals surface area (Å²) >= 11 is 0. The van der Waals surface area contributed by atoms with Gasteiger partial charge in [-0.25, -0.2) is 4.99 Å². The quantitative estimate of drug-likeness (QED) is 0.318. The van der Waals surface area contributed by atoms with Gasteiger partial charge in [-0.3, -0.25) is 9.69 Å². The number of nitrogens with zero attached hydrogens (tertiary/aromatic N) is 3. The SMILES string of the molecule is CC(C)N(CCNC(=NCc1ccccc1)NCC(=O)N(C)C)C(C)C.I. The number of carbonyl (C=O) groups is 1. The maximum absolute atomic E-state index is 11.9. The summed E-state index contributed by atoms with van der Waals surface area (Å²) in [6.07, 6.45) is 0. The van der Waals surface area contributed by atoms with Gasteiger partial charge in [-0.2, -0.15) is 0 Å². The predicted octanol–water partition coefficient (Wildman–Crippen LogP) is 2.55. The Morgan fingerprint density at radius 3 is 2.15 bits per heavy atom. The lowest BCUT2D eigenvalue weighted by atomic mass is 10.2. The van der Waals surface area contributed by atoms with E-state index in [1.165, 1.54) is 0 Å². The molecule has 0 aliphatic carbocycles. The molecule has 0 radical (unpaired) electrons. The maximum atomic E-state index is 11.9. The average Bonchev–Trinajstić information content (AvgIpc) is 2.59. The zero-order chi connectivity index (χ0) is 19.5. The van der Waals surface area contributed by atoms with Crippen molar-refractivity contribution in [2.75, 3.05) is 33.7 Å². The molecular formula is C20H36IN5O. The van der Waals surface area contributed by atoms with Crippen molar-refractivity contribution in [3.8, 4) is 0 Å². The van der Waals surface area contributed by atoms with Gasteiger partial charge in [0.25, 0.3) is 0 Å². The van der Waals surface area contributed by atoms with Crippen LogP contribution >= 0.6 is 24.0 Å². The van der Waals surface area contributed by atoms with Gasteiger partial charge in [0.05, 0.1) is 13.1 Å². The van der Waals surface area contributed by atoms with Gasteiger partial charge in [0, 0.05) is 39.3 Å². The number of halogens is 1.